The van der Waals surface area contributed by atoms with Gasteiger partial charge in [0.1, 0.15) is 54.6 Å². The molecule has 7 rings (SSSR count). The first kappa shape index (κ1) is 40.9. The topological polar surface area (TPSA) is 222 Å². The molecule has 20 heteroatoms. The van der Waals surface area contributed by atoms with E-state index < -0.39 is 31.3 Å². The molecule has 0 aliphatic heterocycles. The Morgan fingerprint density at radius 1 is 0.786 bits per heavy atom. The van der Waals surface area contributed by atoms with Gasteiger partial charge in [-0.05, 0) is 74.6 Å². The number of benzene rings is 1. The number of anilines is 2. The number of sulfone groups is 2. The molecule has 5 aromatic rings. The summed E-state index contributed by atoms with van der Waals surface area (Å²) in [7, 11) is -6.06. The zero-order valence-electron chi connectivity index (χ0n) is 30.7. The summed E-state index contributed by atoms with van der Waals surface area (Å²) >= 11 is 6.18. The van der Waals surface area contributed by atoms with Gasteiger partial charge in [-0.1, -0.05) is 17.7 Å². The summed E-state index contributed by atoms with van der Waals surface area (Å²) in [6.07, 6.45) is 9.65. The number of aromatic nitrogens is 6. The molecular formula is C36H42ClF2N9O6S2. The molecule has 4 heterocycles. The smallest absolute Gasteiger partial charge is 0.223 e. The number of hydrogen-bond acceptors (Lipinski definition) is 11. The van der Waals surface area contributed by atoms with E-state index in [4.69, 9.17) is 11.6 Å². The van der Waals surface area contributed by atoms with Gasteiger partial charge in [-0.2, -0.15) is 0 Å². The van der Waals surface area contributed by atoms with Crippen molar-refractivity contribution >= 4 is 76.7 Å². The summed E-state index contributed by atoms with van der Waals surface area (Å²) in [5.41, 5.74) is 5.09. The minimum absolute atomic E-state index is 0.0214. The van der Waals surface area contributed by atoms with Crippen molar-refractivity contribution in [3.8, 4) is 0 Å². The highest BCUT2D eigenvalue weighted by molar-refractivity contribution is 7.90. The second-order valence-electron chi connectivity index (χ2n) is 14.2. The number of aromatic amines is 2. The third-order valence-corrected chi connectivity index (χ3v) is 12.2. The SMILES string of the molecule is CS(=O)(=O)CCCNC(=O)C1CCc2[nH]c3ncnc(Cl)c3c2C1.CS(=O)(=O)CCCNC(=O)C1CCc2[nH]c3ncnc(Nc4cccc(F)c4F)c3c2C1. The largest absolute Gasteiger partial charge is 0.356 e. The Balaban J connectivity index is 0.000000198. The molecule has 2 aliphatic carbocycles. The van der Waals surface area contributed by atoms with Crippen LogP contribution in [-0.2, 0) is 54.9 Å². The molecule has 0 spiro atoms. The molecule has 2 aliphatic rings. The maximum Gasteiger partial charge on any atom is 0.223 e. The van der Waals surface area contributed by atoms with E-state index in [2.05, 4.69) is 45.9 Å². The zero-order chi connectivity index (χ0) is 40.2. The maximum atomic E-state index is 14.2. The fourth-order valence-corrected chi connectivity index (χ4v) is 8.68. The lowest BCUT2D eigenvalue weighted by molar-refractivity contribution is -0.126. The van der Waals surface area contributed by atoms with Crippen molar-refractivity contribution in [1.29, 1.82) is 0 Å². The minimum atomic E-state index is -3.07. The summed E-state index contributed by atoms with van der Waals surface area (Å²) in [5.74, 6) is -2.17. The third-order valence-electron chi connectivity index (χ3n) is 9.83. The third kappa shape index (κ3) is 9.97. The number of nitrogens with one attached hydrogen (secondary N) is 5. The van der Waals surface area contributed by atoms with E-state index in [1.807, 2.05) is 0 Å². The summed E-state index contributed by atoms with van der Waals surface area (Å²) < 4.78 is 72.4. The van der Waals surface area contributed by atoms with Gasteiger partial charge in [0.05, 0.1) is 28.0 Å². The van der Waals surface area contributed by atoms with Gasteiger partial charge in [0.25, 0.3) is 0 Å². The predicted molar refractivity (Wildman–Crippen MR) is 208 cm³/mol. The van der Waals surface area contributed by atoms with Crippen LogP contribution in [0.3, 0.4) is 0 Å². The van der Waals surface area contributed by atoms with Crippen LogP contribution in [0.25, 0.3) is 22.1 Å². The molecule has 5 N–H and O–H groups in total. The molecule has 1 aromatic carbocycles. The molecule has 0 saturated heterocycles. The number of H-pyrrole nitrogens is 2. The van der Waals surface area contributed by atoms with E-state index in [1.54, 1.807) is 0 Å². The first-order chi connectivity index (χ1) is 26.6. The molecular weight excluding hydrogens is 792 g/mol. The van der Waals surface area contributed by atoms with Crippen LogP contribution in [0, 0.1) is 23.5 Å². The first-order valence-corrected chi connectivity index (χ1v) is 22.5. The van der Waals surface area contributed by atoms with E-state index in [-0.39, 0.29) is 47.4 Å². The number of fused-ring (bicyclic) bond motifs is 6. The standard InChI is InChI=1S/C21H23F2N5O3S.C15H19ClN4O3S/c1-32(30,31)9-3-8-24-21(29)12-6-7-15-13(10-12)17-19(27-15)25-11-26-20(17)28-16-5-2-4-14(22)18(16)23;1-24(22,23)6-2-5-17-15(21)9-3-4-11-10(7-9)12-13(16)18-8-19-14(12)20-11/h2,4-5,11-12H,3,6-10H2,1H3,(H,24,29)(H2,25,26,27,28);8-9H,2-7H2,1H3,(H,17,21)(H,18,19,20). The van der Waals surface area contributed by atoms with E-state index in [0.29, 0.717) is 72.7 Å². The number of nitrogens with zero attached hydrogens (tertiary/aromatic N) is 4. The Hall–Kier alpha value is -4.75. The van der Waals surface area contributed by atoms with Crippen LogP contribution in [-0.4, -0.2) is 95.7 Å². The van der Waals surface area contributed by atoms with Crippen molar-refractivity contribution in [3.05, 3.63) is 70.2 Å². The quantitative estimate of drug-likeness (QED) is 0.0896. The predicted octanol–water partition coefficient (Wildman–Crippen LogP) is 3.90. The normalized spacial score (nSPS) is 16.7. The second kappa shape index (κ2) is 17.2. The number of carbonyl (C=O) groups excluding carboxylic acids is 2. The molecule has 0 bridgehead atoms. The summed E-state index contributed by atoms with van der Waals surface area (Å²) in [4.78, 5) is 48.1. The van der Waals surface area contributed by atoms with Crippen molar-refractivity contribution in [2.75, 3.05) is 42.4 Å². The monoisotopic (exact) mass is 833 g/mol. The average Bonchev–Trinajstić information content (AvgIpc) is 3.72. The van der Waals surface area contributed by atoms with Crippen LogP contribution in [0.15, 0.2) is 30.9 Å². The Morgan fingerprint density at radius 2 is 1.30 bits per heavy atom. The van der Waals surface area contributed by atoms with Crippen LogP contribution in [0.5, 0.6) is 0 Å². The molecule has 56 heavy (non-hydrogen) atoms. The molecule has 2 atom stereocenters. The lowest BCUT2D eigenvalue weighted by atomic mass is 9.86. The van der Waals surface area contributed by atoms with Crippen LogP contribution >= 0.6 is 11.6 Å². The van der Waals surface area contributed by atoms with Gasteiger partial charge in [0, 0.05) is 48.8 Å². The van der Waals surface area contributed by atoms with E-state index in [0.717, 1.165) is 53.1 Å². The fourth-order valence-electron chi connectivity index (χ4n) is 7.09. The van der Waals surface area contributed by atoms with Gasteiger partial charge in [0.15, 0.2) is 11.6 Å². The molecule has 2 amide bonds. The number of rotatable bonds is 12. The average molecular weight is 834 g/mol. The van der Waals surface area contributed by atoms with E-state index >= 15 is 0 Å². The van der Waals surface area contributed by atoms with Gasteiger partial charge >= 0.3 is 0 Å². The second-order valence-corrected chi connectivity index (χ2v) is 19.0. The van der Waals surface area contributed by atoms with Crippen molar-refractivity contribution < 1.29 is 35.2 Å². The number of hydrogen-bond donors (Lipinski definition) is 5. The van der Waals surface area contributed by atoms with Crippen molar-refractivity contribution in [3.63, 3.8) is 0 Å². The summed E-state index contributed by atoms with van der Waals surface area (Å²) in [5, 5.41) is 10.3. The number of halogens is 3. The molecule has 0 saturated carbocycles. The van der Waals surface area contributed by atoms with Gasteiger partial charge in [-0.25, -0.2) is 45.6 Å². The van der Waals surface area contributed by atoms with Gasteiger partial charge < -0.3 is 25.9 Å². The highest BCUT2D eigenvalue weighted by atomic mass is 35.5. The van der Waals surface area contributed by atoms with Crippen molar-refractivity contribution in [2.24, 2.45) is 11.8 Å². The molecule has 0 radical (unpaired) electrons. The van der Waals surface area contributed by atoms with Crippen molar-refractivity contribution in [2.45, 2.75) is 51.4 Å². The molecule has 15 nitrogen and oxygen atoms in total. The van der Waals surface area contributed by atoms with Crippen LogP contribution in [0.2, 0.25) is 5.15 Å². The Bertz CT molecular complexity index is 2500. The Labute approximate surface area is 327 Å². The maximum absolute atomic E-state index is 14.2. The highest BCUT2D eigenvalue weighted by Gasteiger charge is 2.30. The van der Waals surface area contributed by atoms with Gasteiger partial charge in [0.2, 0.25) is 11.8 Å². The zero-order valence-corrected chi connectivity index (χ0v) is 33.1. The van der Waals surface area contributed by atoms with Gasteiger partial charge in [-0.15, -0.1) is 0 Å². The number of amides is 2. The molecule has 4 aromatic heterocycles. The van der Waals surface area contributed by atoms with Crippen LogP contribution < -0.4 is 16.0 Å². The lowest BCUT2D eigenvalue weighted by Gasteiger charge is -2.22. The molecule has 2 unspecified atom stereocenters. The number of carbonyl (C=O) groups is 2. The molecule has 0 fully saturated rings. The summed E-state index contributed by atoms with van der Waals surface area (Å²) in [6, 6.07) is 3.85. The van der Waals surface area contributed by atoms with Gasteiger partial charge in [-0.3, -0.25) is 9.59 Å². The Morgan fingerprint density at radius 3 is 1.86 bits per heavy atom. The molecule has 300 valence electrons. The minimum Gasteiger partial charge on any atom is -0.356 e. The summed E-state index contributed by atoms with van der Waals surface area (Å²) in [6.45, 7) is 0.658. The Kier molecular flexibility index (Phi) is 12.5. The first-order valence-electron chi connectivity index (χ1n) is 18.0. The lowest BCUT2D eigenvalue weighted by Crippen LogP contribution is -2.35. The van der Waals surface area contributed by atoms with Crippen molar-refractivity contribution in [1.82, 2.24) is 40.5 Å². The van der Waals surface area contributed by atoms with E-state index in [1.165, 1.54) is 31.0 Å². The number of aryl methyl sites for hydroxylation is 2. The van der Waals surface area contributed by atoms with Crippen LogP contribution in [0.1, 0.15) is 48.2 Å². The fraction of sp³-hybridized carbons (Fsp3) is 0.444. The van der Waals surface area contributed by atoms with Crippen LogP contribution in [0.4, 0.5) is 20.3 Å². The van der Waals surface area contributed by atoms with E-state index in [9.17, 15) is 35.2 Å². The highest BCUT2D eigenvalue weighted by Crippen LogP contribution is 2.36.